The van der Waals surface area contributed by atoms with Crippen LogP contribution in [0.4, 0.5) is 0 Å². The van der Waals surface area contributed by atoms with Gasteiger partial charge in [-0.2, -0.15) is 0 Å². The number of fused-ring (bicyclic) bond motifs is 3. The van der Waals surface area contributed by atoms with Gasteiger partial charge in [0.2, 0.25) is 0 Å². The molecule has 4 nitrogen and oxygen atoms in total. The van der Waals surface area contributed by atoms with Gasteiger partial charge in [0.1, 0.15) is 11.6 Å². The van der Waals surface area contributed by atoms with E-state index in [9.17, 15) is 5.11 Å². The fourth-order valence-electron chi connectivity index (χ4n) is 4.90. The van der Waals surface area contributed by atoms with Gasteiger partial charge >= 0.3 is 0 Å². The Morgan fingerprint density at radius 1 is 1.17 bits per heavy atom. The number of hydrogen-bond acceptors (Lipinski definition) is 5. The van der Waals surface area contributed by atoms with E-state index in [0.717, 1.165) is 47.6 Å². The Balaban J connectivity index is 1.64. The van der Waals surface area contributed by atoms with Gasteiger partial charge in [0.05, 0.1) is 10.6 Å². The fraction of sp³-hybridized carbons (Fsp3) is 0.333. The van der Waals surface area contributed by atoms with Gasteiger partial charge in [0.15, 0.2) is 5.82 Å². The van der Waals surface area contributed by atoms with Crippen molar-refractivity contribution in [2.24, 2.45) is 5.92 Å². The van der Waals surface area contributed by atoms with Crippen LogP contribution < -0.4 is 0 Å². The number of benzene rings is 1. The third kappa shape index (κ3) is 3.08. The molecule has 3 saturated heterocycles. The number of hydrogen-bond donors (Lipinski definition) is 1. The van der Waals surface area contributed by atoms with E-state index >= 15 is 0 Å². The zero-order chi connectivity index (χ0) is 19.8. The Kier molecular flexibility index (Phi) is 4.71. The first-order chi connectivity index (χ1) is 14.2. The lowest BCUT2D eigenvalue weighted by molar-refractivity contribution is -0.143. The van der Waals surface area contributed by atoms with Gasteiger partial charge in [-0.15, -0.1) is 17.8 Å². The summed E-state index contributed by atoms with van der Waals surface area (Å²) in [5.41, 5.74) is 1.71. The number of piperidine rings is 3. The standard InChI is InChI=1S/C24H23N3OS/c1-2-22-24(28,18-10-12-27(22)13-11-18)19-16-25-23(21-9-6-14-29-21)26-20(19)15-17-7-4-3-5-8-17/h1,3-9,14,16,18,22,28H,10-13,15H2. The Morgan fingerprint density at radius 2 is 1.97 bits per heavy atom. The van der Waals surface area contributed by atoms with Crippen LogP contribution in [-0.4, -0.2) is 39.1 Å². The van der Waals surface area contributed by atoms with Gasteiger partial charge in [-0.3, -0.25) is 4.90 Å². The molecular formula is C24H23N3OS. The molecule has 2 bridgehead atoms. The normalized spacial score (nSPS) is 28.2. The largest absolute Gasteiger partial charge is 0.382 e. The first-order valence-corrected chi connectivity index (χ1v) is 10.9. The molecule has 3 aromatic rings. The zero-order valence-electron chi connectivity index (χ0n) is 16.2. The SMILES string of the molecule is C#CC1N2CCC(CC2)C1(O)c1cnc(-c2cccs2)nc1Cc1ccccc1. The average molecular weight is 402 g/mol. The molecule has 3 aliphatic rings. The van der Waals surface area contributed by atoms with E-state index in [1.54, 1.807) is 11.3 Å². The molecule has 3 fully saturated rings. The first kappa shape index (κ1) is 18.5. The zero-order valence-corrected chi connectivity index (χ0v) is 17.0. The molecule has 2 unspecified atom stereocenters. The average Bonchev–Trinajstić information content (AvgIpc) is 3.30. The fourth-order valence-corrected chi connectivity index (χ4v) is 5.56. The van der Waals surface area contributed by atoms with Crippen LogP contribution in [0, 0.1) is 18.3 Å². The summed E-state index contributed by atoms with van der Waals surface area (Å²) in [6.07, 6.45) is 10.3. The number of rotatable bonds is 4. The molecule has 2 aromatic heterocycles. The van der Waals surface area contributed by atoms with Crippen molar-refractivity contribution in [2.45, 2.75) is 30.9 Å². The van der Waals surface area contributed by atoms with Crippen LogP contribution in [0.2, 0.25) is 0 Å². The van der Waals surface area contributed by atoms with Crippen molar-refractivity contribution in [1.82, 2.24) is 14.9 Å². The number of aliphatic hydroxyl groups is 1. The molecule has 0 radical (unpaired) electrons. The summed E-state index contributed by atoms with van der Waals surface area (Å²) in [5.74, 6) is 3.72. The molecule has 1 aromatic carbocycles. The molecule has 1 N–H and O–H groups in total. The van der Waals surface area contributed by atoms with Gasteiger partial charge in [-0.1, -0.05) is 42.3 Å². The van der Waals surface area contributed by atoms with E-state index in [2.05, 4.69) is 27.9 Å². The number of terminal acetylenes is 1. The second-order valence-electron chi connectivity index (χ2n) is 7.90. The van der Waals surface area contributed by atoms with Crippen LogP contribution in [0.1, 0.15) is 29.7 Å². The highest BCUT2D eigenvalue weighted by Crippen LogP contribution is 2.47. The molecule has 29 heavy (non-hydrogen) atoms. The second kappa shape index (κ2) is 7.38. The predicted molar refractivity (Wildman–Crippen MR) is 115 cm³/mol. The number of thiophene rings is 1. The quantitative estimate of drug-likeness (QED) is 0.677. The van der Waals surface area contributed by atoms with Gasteiger partial charge in [-0.25, -0.2) is 9.97 Å². The van der Waals surface area contributed by atoms with Gasteiger partial charge < -0.3 is 5.11 Å². The maximum Gasteiger partial charge on any atom is 0.169 e. The maximum atomic E-state index is 12.0. The molecular weight excluding hydrogens is 378 g/mol. The number of nitrogens with zero attached hydrogens (tertiary/aromatic N) is 3. The lowest BCUT2D eigenvalue weighted by Gasteiger charge is -2.54. The highest BCUT2D eigenvalue weighted by molar-refractivity contribution is 7.13. The topological polar surface area (TPSA) is 49.2 Å². The van der Waals surface area contributed by atoms with Crippen LogP contribution >= 0.6 is 11.3 Å². The Bertz CT molecular complexity index is 1040. The Labute approximate surface area is 175 Å². The van der Waals surface area contributed by atoms with Crippen molar-refractivity contribution >= 4 is 11.3 Å². The van der Waals surface area contributed by atoms with Crippen molar-refractivity contribution in [1.29, 1.82) is 0 Å². The van der Waals surface area contributed by atoms with Gasteiger partial charge in [-0.05, 0) is 48.9 Å². The van der Waals surface area contributed by atoms with Crippen LogP contribution in [0.3, 0.4) is 0 Å². The van der Waals surface area contributed by atoms with Crippen LogP contribution in [0.15, 0.2) is 54.0 Å². The van der Waals surface area contributed by atoms with E-state index in [-0.39, 0.29) is 12.0 Å². The third-order valence-corrected chi connectivity index (χ3v) is 7.21. The van der Waals surface area contributed by atoms with Crippen molar-refractivity contribution in [3.8, 4) is 23.0 Å². The molecule has 0 saturated carbocycles. The summed E-state index contributed by atoms with van der Waals surface area (Å²) in [5, 5.41) is 14.0. The van der Waals surface area contributed by atoms with Crippen molar-refractivity contribution < 1.29 is 5.11 Å². The minimum atomic E-state index is -1.11. The third-order valence-electron chi connectivity index (χ3n) is 6.35. The summed E-state index contributed by atoms with van der Waals surface area (Å²) < 4.78 is 0. The molecule has 146 valence electrons. The lowest BCUT2D eigenvalue weighted by Crippen LogP contribution is -2.63. The van der Waals surface area contributed by atoms with Crippen molar-refractivity contribution in [3.63, 3.8) is 0 Å². The summed E-state index contributed by atoms with van der Waals surface area (Å²) in [7, 11) is 0. The molecule has 2 atom stereocenters. The molecule has 5 heterocycles. The number of aromatic nitrogens is 2. The van der Waals surface area contributed by atoms with Crippen LogP contribution in [0.5, 0.6) is 0 Å². The van der Waals surface area contributed by atoms with Gasteiger partial charge in [0.25, 0.3) is 0 Å². The highest BCUT2D eigenvalue weighted by Gasteiger charge is 2.54. The van der Waals surface area contributed by atoms with E-state index < -0.39 is 5.60 Å². The molecule has 0 aliphatic carbocycles. The van der Waals surface area contributed by atoms with Crippen molar-refractivity contribution in [2.75, 3.05) is 13.1 Å². The molecule has 3 aliphatic heterocycles. The summed E-state index contributed by atoms with van der Waals surface area (Å²) in [4.78, 5) is 12.8. The predicted octanol–water partition coefficient (Wildman–Crippen LogP) is 3.71. The minimum absolute atomic E-state index is 0.138. The second-order valence-corrected chi connectivity index (χ2v) is 8.85. The summed E-state index contributed by atoms with van der Waals surface area (Å²) in [6, 6.07) is 14.0. The van der Waals surface area contributed by atoms with Crippen LogP contribution in [-0.2, 0) is 12.0 Å². The monoisotopic (exact) mass is 401 g/mol. The maximum absolute atomic E-state index is 12.0. The van der Waals surface area contributed by atoms with E-state index in [1.807, 2.05) is 41.9 Å². The van der Waals surface area contributed by atoms with E-state index in [1.165, 1.54) is 0 Å². The molecule has 5 heteroatoms. The smallest absolute Gasteiger partial charge is 0.169 e. The van der Waals surface area contributed by atoms with Gasteiger partial charge in [0, 0.05) is 18.2 Å². The summed E-state index contributed by atoms with van der Waals surface area (Å²) >= 11 is 1.62. The molecule has 6 rings (SSSR count). The Morgan fingerprint density at radius 3 is 2.66 bits per heavy atom. The van der Waals surface area contributed by atoms with Crippen LogP contribution in [0.25, 0.3) is 10.7 Å². The molecule has 0 amide bonds. The molecule has 0 spiro atoms. The Hall–Kier alpha value is -2.52. The van der Waals surface area contributed by atoms with Crippen molar-refractivity contribution in [3.05, 3.63) is 70.9 Å². The first-order valence-electron chi connectivity index (χ1n) is 10.1. The summed E-state index contributed by atoms with van der Waals surface area (Å²) in [6.45, 7) is 1.90. The highest BCUT2D eigenvalue weighted by atomic mass is 32.1. The van der Waals surface area contributed by atoms with E-state index in [0.29, 0.717) is 12.2 Å². The minimum Gasteiger partial charge on any atom is -0.382 e. The van der Waals surface area contributed by atoms with E-state index in [4.69, 9.17) is 11.4 Å². The lowest BCUT2D eigenvalue weighted by atomic mass is 9.66.